The van der Waals surface area contributed by atoms with Crippen LogP contribution in [0, 0.1) is 6.92 Å². The Balaban J connectivity index is 2.41. The summed E-state index contributed by atoms with van der Waals surface area (Å²) in [6.07, 6.45) is 1.93. The highest BCUT2D eigenvalue weighted by Gasteiger charge is 2.07. The topological polar surface area (TPSA) is 48.1 Å². The average molecular weight is 242 g/mol. The summed E-state index contributed by atoms with van der Waals surface area (Å²) in [5.74, 6) is 0.838. The predicted octanol–water partition coefficient (Wildman–Crippen LogP) is 3.43. The molecule has 0 unspecified atom stereocenters. The second-order valence-electron chi connectivity index (χ2n) is 4.58. The van der Waals surface area contributed by atoms with Crippen molar-refractivity contribution in [2.75, 3.05) is 5.73 Å². The molecule has 1 aromatic heterocycles. The van der Waals surface area contributed by atoms with Crippen LogP contribution in [0.25, 0.3) is 11.3 Å². The van der Waals surface area contributed by atoms with Crippen molar-refractivity contribution >= 4 is 5.69 Å². The van der Waals surface area contributed by atoms with Gasteiger partial charge < -0.3 is 10.5 Å². The maximum Gasteiger partial charge on any atom is 0.120 e. The maximum absolute atomic E-state index is 6.06. The molecule has 0 aliphatic heterocycles. The van der Waals surface area contributed by atoms with E-state index in [9.17, 15) is 0 Å². The van der Waals surface area contributed by atoms with E-state index >= 15 is 0 Å². The van der Waals surface area contributed by atoms with E-state index in [4.69, 9.17) is 10.5 Å². The molecule has 1 aromatic carbocycles. The summed E-state index contributed by atoms with van der Waals surface area (Å²) in [6, 6.07) is 9.77. The summed E-state index contributed by atoms with van der Waals surface area (Å²) in [4.78, 5) is 4.35. The molecule has 0 amide bonds. The lowest BCUT2D eigenvalue weighted by molar-refractivity contribution is 0.242. The first-order valence-electron chi connectivity index (χ1n) is 6.06. The summed E-state index contributed by atoms with van der Waals surface area (Å²) >= 11 is 0. The zero-order chi connectivity index (χ0) is 13.1. The zero-order valence-corrected chi connectivity index (χ0v) is 11.0. The Morgan fingerprint density at radius 1 is 1.22 bits per heavy atom. The fraction of sp³-hybridized carbons (Fsp3) is 0.267. The van der Waals surface area contributed by atoms with Gasteiger partial charge >= 0.3 is 0 Å². The lowest BCUT2D eigenvalue weighted by Gasteiger charge is -2.12. The lowest BCUT2D eigenvalue weighted by Crippen LogP contribution is -2.05. The van der Waals surface area contributed by atoms with Gasteiger partial charge in [-0.25, -0.2) is 0 Å². The van der Waals surface area contributed by atoms with Crippen molar-refractivity contribution in [2.45, 2.75) is 26.9 Å². The third-order valence-corrected chi connectivity index (χ3v) is 2.69. The van der Waals surface area contributed by atoms with Crippen LogP contribution < -0.4 is 10.5 Å². The monoisotopic (exact) mass is 242 g/mol. The Morgan fingerprint density at radius 3 is 2.72 bits per heavy atom. The summed E-state index contributed by atoms with van der Waals surface area (Å²) < 4.78 is 5.68. The molecule has 3 nitrogen and oxygen atoms in total. The smallest absolute Gasteiger partial charge is 0.120 e. The molecule has 2 aromatic rings. The van der Waals surface area contributed by atoms with Crippen molar-refractivity contribution < 1.29 is 4.74 Å². The molecule has 3 heteroatoms. The van der Waals surface area contributed by atoms with Crippen molar-refractivity contribution in [3.8, 4) is 17.0 Å². The number of nitrogens with zero attached hydrogens (tertiary/aromatic N) is 1. The van der Waals surface area contributed by atoms with Crippen LogP contribution in [0.5, 0.6) is 5.75 Å². The molecule has 0 saturated carbocycles. The van der Waals surface area contributed by atoms with Crippen molar-refractivity contribution in [3.63, 3.8) is 0 Å². The minimum atomic E-state index is 0.156. The number of rotatable bonds is 3. The van der Waals surface area contributed by atoms with Crippen LogP contribution in [0.1, 0.15) is 19.4 Å². The number of nitrogens with two attached hydrogens (primary N) is 1. The number of hydrogen-bond donors (Lipinski definition) is 1. The van der Waals surface area contributed by atoms with Crippen molar-refractivity contribution in [1.82, 2.24) is 4.98 Å². The van der Waals surface area contributed by atoms with Crippen LogP contribution in [0.15, 0.2) is 36.5 Å². The van der Waals surface area contributed by atoms with Gasteiger partial charge in [0, 0.05) is 11.8 Å². The van der Waals surface area contributed by atoms with E-state index in [-0.39, 0.29) is 6.10 Å². The number of pyridine rings is 1. The van der Waals surface area contributed by atoms with E-state index in [1.54, 1.807) is 6.20 Å². The third-order valence-electron chi connectivity index (χ3n) is 2.69. The van der Waals surface area contributed by atoms with Crippen LogP contribution in [0.2, 0.25) is 0 Å². The molecule has 1 heterocycles. The SMILES string of the molecule is Cc1ccnc(-c2cccc(OC(C)C)c2)c1N. The fourth-order valence-corrected chi connectivity index (χ4v) is 1.79. The summed E-state index contributed by atoms with van der Waals surface area (Å²) in [5.41, 5.74) is 9.61. The van der Waals surface area contributed by atoms with Gasteiger partial charge in [-0.1, -0.05) is 12.1 Å². The number of aryl methyl sites for hydroxylation is 1. The molecule has 18 heavy (non-hydrogen) atoms. The van der Waals surface area contributed by atoms with Crippen molar-refractivity contribution in [3.05, 3.63) is 42.1 Å². The highest BCUT2D eigenvalue weighted by molar-refractivity contribution is 5.75. The number of aromatic nitrogens is 1. The first-order valence-corrected chi connectivity index (χ1v) is 6.06. The Hall–Kier alpha value is -2.03. The summed E-state index contributed by atoms with van der Waals surface area (Å²) in [5, 5.41) is 0. The molecule has 0 aliphatic rings. The molecule has 0 spiro atoms. The van der Waals surface area contributed by atoms with E-state index in [2.05, 4.69) is 4.98 Å². The summed E-state index contributed by atoms with van der Waals surface area (Å²) in [7, 11) is 0. The summed E-state index contributed by atoms with van der Waals surface area (Å²) in [6.45, 7) is 5.99. The van der Waals surface area contributed by atoms with Crippen LogP contribution in [-0.2, 0) is 0 Å². The van der Waals surface area contributed by atoms with Gasteiger partial charge in [0.1, 0.15) is 5.75 Å². The lowest BCUT2D eigenvalue weighted by atomic mass is 10.1. The Kier molecular flexibility index (Phi) is 3.51. The van der Waals surface area contributed by atoms with Gasteiger partial charge in [-0.05, 0) is 44.5 Å². The average Bonchev–Trinajstić information content (AvgIpc) is 2.32. The van der Waals surface area contributed by atoms with E-state index in [1.165, 1.54) is 0 Å². The zero-order valence-electron chi connectivity index (χ0n) is 11.0. The Labute approximate surface area is 108 Å². The van der Waals surface area contributed by atoms with Crippen molar-refractivity contribution in [1.29, 1.82) is 0 Å². The first-order chi connectivity index (χ1) is 8.58. The maximum atomic E-state index is 6.06. The van der Waals surface area contributed by atoms with Gasteiger partial charge in [0.2, 0.25) is 0 Å². The number of hydrogen-bond acceptors (Lipinski definition) is 3. The number of ether oxygens (including phenoxy) is 1. The van der Waals surface area contributed by atoms with Crippen LogP contribution in [0.3, 0.4) is 0 Å². The van der Waals surface area contributed by atoms with E-state index in [0.717, 1.165) is 28.3 Å². The normalized spacial score (nSPS) is 10.7. The van der Waals surface area contributed by atoms with Gasteiger partial charge in [-0.3, -0.25) is 4.98 Å². The highest BCUT2D eigenvalue weighted by atomic mass is 16.5. The van der Waals surface area contributed by atoms with Gasteiger partial charge in [0.25, 0.3) is 0 Å². The predicted molar refractivity (Wildman–Crippen MR) is 74.6 cm³/mol. The van der Waals surface area contributed by atoms with Gasteiger partial charge in [0.15, 0.2) is 0 Å². The fourth-order valence-electron chi connectivity index (χ4n) is 1.79. The molecule has 0 bridgehead atoms. The molecule has 0 aliphatic carbocycles. The number of benzene rings is 1. The molecule has 2 N–H and O–H groups in total. The second-order valence-corrected chi connectivity index (χ2v) is 4.58. The molecular formula is C15H18N2O. The van der Waals surface area contributed by atoms with E-state index in [1.807, 2.05) is 51.1 Å². The molecular weight excluding hydrogens is 224 g/mol. The minimum Gasteiger partial charge on any atom is -0.491 e. The van der Waals surface area contributed by atoms with E-state index in [0.29, 0.717) is 0 Å². The van der Waals surface area contributed by atoms with Crippen LogP contribution in [-0.4, -0.2) is 11.1 Å². The highest BCUT2D eigenvalue weighted by Crippen LogP contribution is 2.28. The Bertz CT molecular complexity index is 550. The number of nitrogen functional groups attached to an aromatic ring is 1. The van der Waals surface area contributed by atoms with Crippen molar-refractivity contribution in [2.24, 2.45) is 0 Å². The molecule has 0 radical (unpaired) electrons. The van der Waals surface area contributed by atoms with E-state index < -0.39 is 0 Å². The van der Waals surface area contributed by atoms with Gasteiger partial charge in [0.05, 0.1) is 17.5 Å². The standard InChI is InChI=1S/C15H18N2O/c1-10(2)18-13-6-4-5-12(9-13)15-14(16)11(3)7-8-17-15/h4-10H,16H2,1-3H3. The van der Waals surface area contributed by atoms with Gasteiger partial charge in [-0.2, -0.15) is 0 Å². The quantitative estimate of drug-likeness (QED) is 0.897. The molecule has 0 fully saturated rings. The molecule has 0 atom stereocenters. The molecule has 94 valence electrons. The number of anilines is 1. The molecule has 0 saturated heterocycles. The van der Waals surface area contributed by atoms with Crippen LogP contribution in [0.4, 0.5) is 5.69 Å². The minimum absolute atomic E-state index is 0.156. The van der Waals surface area contributed by atoms with Crippen LogP contribution >= 0.6 is 0 Å². The molecule has 2 rings (SSSR count). The third kappa shape index (κ3) is 2.62. The Morgan fingerprint density at radius 2 is 2.00 bits per heavy atom. The van der Waals surface area contributed by atoms with Gasteiger partial charge in [-0.15, -0.1) is 0 Å². The first kappa shape index (κ1) is 12.4. The second kappa shape index (κ2) is 5.08. The largest absolute Gasteiger partial charge is 0.491 e.